The highest BCUT2D eigenvalue weighted by Crippen LogP contribution is 2.12. The SMILES string of the molecule is Cc1ccc(OC(=O)Cc2ccccc2)cc1.O=C(Cc1ccccc1)OCCc1ccccc1. The van der Waals surface area contributed by atoms with Crippen molar-refractivity contribution in [3.05, 3.63) is 138 Å². The monoisotopic (exact) mass is 466 g/mol. The molecule has 178 valence electrons. The maximum Gasteiger partial charge on any atom is 0.315 e. The van der Waals surface area contributed by atoms with E-state index in [9.17, 15) is 9.59 Å². The van der Waals surface area contributed by atoms with Crippen LogP contribution >= 0.6 is 0 Å². The van der Waals surface area contributed by atoms with E-state index in [1.807, 2.05) is 110 Å². The summed E-state index contributed by atoms with van der Waals surface area (Å²) < 4.78 is 10.4. The molecule has 0 atom stereocenters. The number of aryl methyl sites for hydroxylation is 1. The van der Waals surface area contributed by atoms with Crippen LogP contribution in [0.2, 0.25) is 0 Å². The van der Waals surface area contributed by atoms with Gasteiger partial charge in [0.2, 0.25) is 0 Å². The van der Waals surface area contributed by atoms with Crippen molar-refractivity contribution in [2.75, 3.05) is 6.61 Å². The first-order valence-electron chi connectivity index (χ1n) is 11.6. The van der Waals surface area contributed by atoms with Gasteiger partial charge in [-0.15, -0.1) is 0 Å². The van der Waals surface area contributed by atoms with Crippen LogP contribution in [-0.4, -0.2) is 18.5 Å². The molecule has 35 heavy (non-hydrogen) atoms. The predicted octanol–water partition coefficient (Wildman–Crippen LogP) is 6.16. The number of hydrogen-bond donors (Lipinski definition) is 0. The second-order valence-corrected chi connectivity index (χ2v) is 8.07. The lowest BCUT2D eigenvalue weighted by molar-refractivity contribution is -0.142. The number of ether oxygens (including phenoxy) is 2. The Kier molecular flexibility index (Phi) is 10.3. The van der Waals surface area contributed by atoms with E-state index in [2.05, 4.69) is 0 Å². The molecule has 0 spiro atoms. The molecule has 0 aliphatic rings. The van der Waals surface area contributed by atoms with E-state index in [4.69, 9.17) is 9.47 Å². The standard InChI is InChI=1S/C16H16O2.C15H14O2/c17-16(13-15-9-5-2-6-10-15)18-12-11-14-7-3-1-4-8-14;1-12-7-9-14(10-8-12)17-15(16)11-13-5-3-2-4-6-13/h1-10H,11-13H2;2-10H,11H2,1H3. The van der Waals surface area contributed by atoms with Crippen LogP contribution < -0.4 is 4.74 Å². The predicted molar refractivity (Wildman–Crippen MR) is 138 cm³/mol. The second kappa shape index (κ2) is 14.2. The molecule has 4 heteroatoms. The van der Waals surface area contributed by atoms with Crippen LogP contribution in [0.1, 0.15) is 22.3 Å². The zero-order valence-electron chi connectivity index (χ0n) is 19.9. The molecule has 0 saturated heterocycles. The van der Waals surface area contributed by atoms with Gasteiger partial charge in [0, 0.05) is 6.42 Å². The largest absolute Gasteiger partial charge is 0.465 e. The van der Waals surface area contributed by atoms with Crippen molar-refractivity contribution in [2.45, 2.75) is 26.2 Å². The van der Waals surface area contributed by atoms with Gasteiger partial charge < -0.3 is 9.47 Å². The molecule has 0 heterocycles. The van der Waals surface area contributed by atoms with Gasteiger partial charge in [0.15, 0.2) is 0 Å². The van der Waals surface area contributed by atoms with Crippen LogP contribution in [0.5, 0.6) is 5.75 Å². The molecule has 0 unspecified atom stereocenters. The maximum atomic E-state index is 11.6. The minimum atomic E-state index is -0.236. The topological polar surface area (TPSA) is 52.6 Å². The number of carbonyl (C=O) groups excluding carboxylic acids is 2. The van der Waals surface area contributed by atoms with E-state index in [0.29, 0.717) is 25.2 Å². The molecule has 0 fully saturated rings. The Morgan fingerprint density at radius 3 is 1.54 bits per heavy atom. The van der Waals surface area contributed by atoms with Crippen molar-refractivity contribution in [3.63, 3.8) is 0 Å². The summed E-state index contributed by atoms with van der Waals surface area (Å²) in [6.45, 7) is 2.44. The molecule has 0 N–H and O–H groups in total. The Morgan fingerprint density at radius 1 is 0.571 bits per heavy atom. The van der Waals surface area contributed by atoms with E-state index >= 15 is 0 Å². The Morgan fingerprint density at radius 2 is 1.03 bits per heavy atom. The summed E-state index contributed by atoms with van der Waals surface area (Å²) in [5.41, 5.74) is 4.28. The van der Waals surface area contributed by atoms with E-state index in [1.54, 1.807) is 12.1 Å². The summed E-state index contributed by atoms with van der Waals surface area (Å²) in [6, 6.07) is 36.7. The number of esters is 2. The molecular weight excluding hydrogens is 436 g/mol. The quantitative estimate of drug-likeness (QED) is 0.231. The number of rotatable bonds is 8. The van der Waals surface area contributed by atoms with Gasteiger partial charge in [0.1, 0.15) is 5.75 Å². The van der Waals surface area contributed by atoms with Crippen LogP contribution in [-0.2, 0) is 33.6 Å². The van der Waals surface area contributed by atoms with Crippen molar-refractivity contribution in [1.82, 2.24) is 0 Å². The minimum Gasteiger partial charge on any atom is -0.465 e. The summed E-state index contributed by atoms with van der Waals surface area (Å²) >= 11 is 0. The molecule has 0 saturated carbocycles. The van der Waals surface area contributed by atoms with Gasteiger partial charge in [-0.3, -0.25) is 9.59 Å². The summed E-state index contributed by atoms with van der Waals surface area (Å²) in [4.78, 5) is 23.2. The summed E-state index contributed by atoms with van der Waals surface area (Å²) in [5, 5.41) is 0. The van der Waals surface area contributed by atoms with Gasteiger partial charge >= 0.3 is 11.9 Å². The van der Waals surface area contributed by atoms with Gasteiger partial charge in [0.05, 0.1) is 19.4 Å². The first kappa shape index (κ1) is 25.4. The van der Waals surface area contributed by atoms with Gasteiger partial charge in [-0.05, 0) is 35.7 Å². The minimum absolute atomic E-state index is 0.169. The Labute approximate surface area is 207 Å². The van der Waals surface area contributed by atoms with Crippen LogP contribution in [0, 0.1) is 6.92 Å². The van der Waals surface area contributed by atoms with Crippen molar-refractivity contribution >= 4 is 11.9 Å². The second-order valence-electron chi connectivity index (χ2n) is 8.07. The smallest absolute Gasteiger partial charge is 0.315 e. The summed E-state index contributed by atoms with van der Waals surface area (Å²) in [5.74, 6) is 0.189. The molecule has 0 aliphatic carbocycles. The molecule has 0 aliphatic heterocycles. The normalized spacial score (nSPS) is 9.97. The third-order valence-electron chi connectivity index (χ3n) is 5.13. The molecule has 0 radical (unpaired) electrons. The number of hydrogen-bond acceptors (Lipinski definition) is 4. The van der Waals surface area contributed by atoms with E-state index in [1.165, 1.54) is 5.56 Å². The van der Waals surface area contributed by atoms with Crippen LogP contribution in [0.25, 0.3) is 0 Å². The molecule has 4 rings (SSSR count). The molecular formula is C31H30O4. The lowest BCUT2D eigenvalue weighted by Gasteiger charge is -2.05. The third kappa shape index (κ3) is 10.1. The lowest BCUT2D eigenvalue weighted by atomic mass is 10.1. The fraction of sp³-hybridized carbons (Fsp3) is 0.161. The highest BCUT2D eigenvalue weighted by atomic mass is 16.5. The number of benzene rings is 4. The van der Waals surface area contributed by atoms with Crippen LogP contribution in [0.3, 0.4) is 0 Å². The summed E-state index contributed by atoms with van der Waals surface area (Å²) in [6.07, 6.45) is 1.41. The number of carbonyl (C=O) groups is 2. The zero-order chi connectivity index (χ0) is 24.7. The summed E-state index contributed by atoms with van der Waals surface area (Å²) in [7, 11) is 0. The van der Waals surface area contributed by atoms with E-state index < -0.39 is 0 Å². The Balaban J connectivity index is 0.000000196. The van der Waals surface area contributed by atoms with Crippen molar-refractivity contribution in [1.29, 1.82) is 0 Å². The maximum absolute atomic E-state index is 11.6. The third-order valence-corrected chi connectivity index (χ3v) is 5.13. The lowest BCUT2D eigenvalue weighted by Crippen LogP contribution is -2.11. The molecule has 0 aromatic heterocycles. The van der Waals surface area contributed by atoms with E-state index in [-0.39, 0.29) is 11.9 Å². The molecule has 4 nitrogen and oxygen atoms in total. The zero-order valence-corrected chi connectivity index (χ0v) is 19.9. The first-order chi connectivity index (χ1) is 17.1. The van der Waals surface area contributed by atoms with Crippen LogP contribution in [0.4, 0.5) is 0 Å². The van der Waals surface area contributed by atoms with E-state index in [0.717, 1.165) is 23.1 Å². The highest BCUT2D eigenvalue weighted by molar-refractivity contribution is 5.75. The van der Waals surface area contributed by atoms with Gasteiger partial charge in [-0.1, -0.05) is 109 Å². The van der Waals surface area contributed by atoms with Gasteiger partial charge in [0.25, 0.3) is 0 Å². The van der Waals surface area contributed by atoms with Crippen molar-refractivity contribution in [2.24, 2.45) is 0 Å². The fourth-order valence-corrected chi connectivity index (χ4v) is 3.28. The Hall–Kier alpha value is -4.18. The average molecular weight is 467 g/mol. The first-order valence-corrected chi connectivity index (χ1v) is 11.6. The molecule has 0 bridgehead atoms. The molecule has 4 aromatic carbocycles. The Bertz CT molecular complexity index is 1160. The molecule has 4 aromatic rings. The molecule has 0 amide bonds. The highest BCUT2D eigenvalue weighted by Gasteiger charge is 2.06. The van der Waals surface area contributed by atoms with Gasteiger partial charge in [-0.25, -0.2) is 0 Å². The van der Waals surface area contributed by atoms with Crippen LogP contribution in [0.15, 0.2) is 115 Å². The van der Waals surface area contributed by atoms with Crippen molar-refractivity contribution in [3.8, 4) is 5.75 Å². The average Bonchev–Trinajstić information content (AvgIpc) is 2.88. The van der Waals surface area contributed by atoms with Crippen molar-refractivity contribution < 1.29 is 19.1 Å². The fourth-order valence-electron chi connectivity index (χ4n) is 3.28. The van der Waals surface area contributed by atoms with Gasteiger partial charge in [-0.2, -0.15) is 0 Å².